The fourth-order valence-electron chi connectivity index (χ4n) is 1.56. The van der Waals surface area contributed by atoms with Gasteiger partial charge in [0, 0.05) is 31.5 Å². The molecule has 18 heavy (non-hydrogen) atoms. The van der Waals surface area contributed by atoms with E-state index in [-0.39, 0.29) is 11.9 Å². The topological polar surface area (TPSA) is 41.6 Å². The quantitative estimate of drug-likeness (QED) is 0.840. The summed E-state index contributed by atoms with van der Waals surface area (Å²) in [6.07, 6.45) is 0. The van der Waals surface area contributed by atoms with Crippen LogP contribution in [0.2, 0.25) is 0 Å². The number of benzene rings is 1. The molecule has 0 spiro atoms. The zero-order valence-electron chi connectivity index (χ0n) is 11.6. The summed E-state index contributed by atoms with van der Waals surface area (Å²) < 4.78 is 5.13. The summed E-state index contributed by atoms with van der Waals surface area (Å²) in [5.74, 6) is 0.0808. The van der Waals surface area contributed by atoms with Gasteiger partial charge in [-0.3, -0.25) is 4.79 Å². The van der Waals surface area contributed by atoms with Crippen molar-refractivity contribution in [3.63, 3.8) is 0 Å². The lowest BCUT2D eigenvalue weighted by molar-refractivity contribution is -0.129. The predicted molar refractivity (Wildman–Crippen MR) is 73.6 cm³/mol. The summed E-state index contributed by atoms with van der Waals surface area (Å²) in [5, 5.41) is 3.16. The molecule has 0 radical (unpaired) electrons. The Morgan fingerprint density at radius 1 is 1.39 bits per heavy atom. The minimum atomic E-state index is 0.0808. The summed E-state index contributed by atoms with van der Waals surface area (Å²) in [6, 6.07) is 8.06. The molecule has 0 saturated heterocycles. The van der Waals surface area contributed by atoms with Gasteiger partial charge < -0.3 is 15.0 Å². The molecule has 1 amide bonds. The molecule has 0 aliphatic rings. The normalized spacial score (nSPS) is 10.5. The number of carbonyl (C=O) groups excluding carboxylic acids is 1. The van der Waals surface area contributed by atoms with E-state index < -0.39 is 0 Å². The highest BCUT2D eigenvalue weighted by Gasteiger charge is 2.11. The van der Waals surface area contributed by atoms with Crippen LogP contribution in [0.15, 0.2) is 24.3 Å². The third-order valence-corrected chi connectivity index (χ3v) is 2.92. The van der Waals surface area contributed by atoms with Gasteiger partial charge in [-0.2, -0.15) is 0 Å². The van der Waals surface area contributed by atoms with E-state index in [4.69, 9.17) is 4.74 Å². The van der Waals surface area contributed by atoms with Gasteiger partial charge in [0.2, 0.25) is 5.91 Å². The Balaban J connectivity index is 2.60. The van der Waals surface area contributed by atoms with Crippen LogP contribution >= 0.6 is 0 Å². The first kappa shape index (κ1) is 14.5. The van der Waals surface area contributed by atoms with Gasteiger partial charge in [-0.25, -0.2) is 0 Å². The number of rotatable bonds is 6. The average Bonchev–Trinajstić information content (AvgIpc) is 2.36. The zero-order valence-corrected chi connectivity index (χ0v) is 11.6. The number of carbonyl (C=O) groups is 1. The van der Waals surface area contributed by atoms with E-state index in [1.165, 1.54) is 0 Å². The van der Waals surface area contributed by atoms with Crippen molar-refractivity contribution < 1.29 is 9.53 Å². The first-order valence-corrected chi connectivity index (χ1v) is 6.12. The summed E-state index contributed by atoms with van der Waals surface area (Å²) in [4.78, 5) is 13.6. The van der Waals surface area contributed by atoms with E-state index >= 15 is 0 Å². The Hall–Kier alpha value is -1.55. The van der Waals surface area contributed by atoms with Crippen LogP contribution in [0.25, 0.3) is 0 Å². The number of methoxy groups -OCH3 is 1. The van der Waals surface area contributed by atoms with Crippen molar-refractivity contribution in [2.24, 2.45) is 0 Å². The summed E-state index contributed by atoms with van der Waals surface area (Å²) >= 11 is 0. The van der Waals surface area contributed by atoms with Gasteiger partial charge in [-0.1, -0.05) is 18.2 Å². The second-order valence-electron chi connectivity index (χ2n) is 4.54. The van der Waals surface area contributed by atoms with Gasteiger partial charge in [0.15, 0.2) is 0 Å². The van der Waals surface area contributed by atoms with Crippen LogP contribution in [-0.4, -0.2) is 37.6 Å². The molecule has 100 valence electrons. The number of anilines is 1. The van der Waals surface area contributed by atoms with Crippen molar-refractivity contribution in [2.75, 3.05) is 26.0 Å². The predicted octanol–water partition coefficient (Wildman–Crippen LogP) is 2.11. The standard InChI is InChI=1S/C14H22N2O2/c1-11(2)16(3)14(17)9-15-13-8-6-5-7-12(13)10-18-4/h5-8,11,15H,9-10H2,1-4H3. The first-order valence-electron chi connectivity index (χ1n) is 6.12. The fourth-order valence-corrected chi connectivity index (χ4v) is 1.56. The van der Waals surface area contributed by atoms with Crippen molar-refractivity contribution in [2.45, 2.75) is 26.5 Å². The number of hydrogen-bond donors (Lipinski definition) is 1. The summed E-state index contributed by atoms with van der Waals surface area (Å²) in [6.45, 7) is 4.83. The molecule has 0 atom stereocenters. The monoisotopic (exact) mass is 250 g/mol. The minimum Gasteiger partial charge on any atom is -0.380 e. The van der Waals surface area contributed by atoms with Crippen LogP contribution in [0, 0.1) is 0 Å². The number of nitrogens with zero attached hydrogens (tertiary/aromatic N) is 1. The highest BCUT2D eigenvalue weighted by Crippen LogP contribution is 2.15. The minimum absolute atomic E-state index is 0.0808. The Kier molecular flexibility index (Phi) is 5.65. The maximum atomic E-state index is 11.9. The number of hydrogen-bond acceptors (Lipinski definition) is 3. The third-order valence-electron chi connectivity index (χ3n) is 2.92. The van der Waals surface area contributed by atoms with Gasteiger partial charge >= 0.3 is 0 Å². The third kappa shape index (κ3) is 4.04. The van der Waals surface area contributed by atoms with Crippen molar-refractivity contribution >= 4 is 11.6 Å². The largest absolute Gasteiger partial charge is 0.380 e. The number of likely N-dealkylation sites (N-methyl/N-ethyl adjacent to an activating group) is 1. The van der Waals surface area contributed by atoms with Crippen molar-refractivity contribution in [1.29, 1.82) is 0 Å². The Morgan fingerprint density at radius 2 is 2.06 bits per heavy atom. The molecule has 0 aromatic heterocycles. The van der Waals surface area contributed by atoms with Gasteiger partial charge in [0.25, 0.3) is 0 Å². The second kappa shape index (κ2) is 7.01. The molecule has 0 heterocycles. The Bertz CT molecular complexity index is 391. The molecule has 0 unspecified atom stereocenters. The molecule has 0 bridgehead atoms. The summed E-state index contributed by atoms with van der Waals surface area (Å²) in [7, 11) is 3.48. The fraction of sp³-hybridized carbons (Fsp3) is 0.500. The van der Waals surface area contributed by atoms with Crippen molar-refractivity contribution in [1.82, 2.24) is 4.90 Å². The highest BCUT2D eigenvalue weighted by molar-refractivity contribution is 5.81. The van der Waals surface area contributed by atoms with E-state index in [0.29, 0.717) is 13.2 Å². The van der Waals surface area contributed by atoms with E-state index in [9.17, 15) is 4.79 Å². The van der Waals surface area contributed by atoms with E-state index in [2.05, 4.69) is 5.32 Å². The lowest BCUT2D eigenvalue weighted by Crippen LogP contribution is -2.37. The smallest absolute Gasteiger partial charge is 0.241 e. The van der Waals surface area contributed by atoms with Gasteiger partial charge in [-0.15, -0.1) is 0 Å². The van der Waals surface area contributed by atoms with E-state index in [0.717, 1.165) is 11.3 Å². The molecule has 0 saturated carbocycles. The Labute approximate surface area is 109 Å². The maximum Gasteiger partial charge on any atom is 0.241 e. The number of nitrogens with one attached hydrogen (secondary N) is 1. The van der Waals surface area contributed by atoms with Crippen LogP contribution in [0.5, 0.6) is 0 Å². The maximum absolute atomic E-state index is 11.9. The lowest BCUT2D eigenvalue weighted by atomic mass is 10.2. The summed E-state index contributed by atoms with van der Waals surface area (Å²) in [5.41, 5.74) is 2.00. The van der Waals surface area contributed by atoms with Crippen LogP contribution in [0.3, 0.4) is 0 Å². The molecule has 0 fully saturated rings. The van der Waals surface area contributed by atoms with E-state index in [1.807, 2.05) is 45.2 Å². The molecule has 1 aromatic rings. The molecule has 1 aromatic carbocycles. The molecule has 0 aliphatic heterocycles. The Morgan fingerprint density at radius 3 is 2.67 bits per heavy atom. The second-order valence-corrected chi connectivity index (χ2v) is 4.54. The van der Waals surface area contributed by atoms with Gasteiger partial charge in [0.05, 0.1) is 13.2 Å². The van der Waals surface area contributed by atoms with Crippen LogP contribution in [0.1, 0.15) is 19.4 Å². The highest BCUT2D eigenvalue weighted by atomic mass is 16.5. The number of para-hydroxylation sites is 1. The van der Waals surface area contributed by atoms with Gasteiger partial charge in [-0.05, 0) is 19.9 Å². The van der Waals surface area contributed by atoms with Crippen LogP contribution in [0.4, 0.5) is 5.69 Å². The number of amides is 1. The first-order chi connectivity index (χ1) is 8.56. The van der Waals surface area contributed by atoms with Gasteiger partial charge in [0.1, 0.15) is 0 Å². The molecule has 4 heteroatoms. The number of ether oxygens (including phenoxy) is 1. The SMILES string of the molecule is COCc1ccccc1NCC(=O)N(C)C(C)C. The molecule has 0 aliphatic carbocycles. The average molecular weight is 250 g/mol. The lowest BCUT2D eigenvalue weighted by Gasteiger charge is -2.22. The molecule has 1 rings (SSSR count). The molecular formula is C14H22N2O2. The zero-order chi connectivity index (χ0) is 13.5. The van der Waals surface area contributed by atoms with Crippen LogP contribution < -0.4 is 5.32 Å². The van der Waals surface area contributed by atoms with Crippen molar-refractivity contribution in [3.05, 3.63) is 29.8 Å². The molecular weight excluding hydrogens is 228 g/mol. The molecule has 1 N–H and O–H groups in total. The molecule has 4 nitrogen and oxygen atoms in total. The van der Waals surface area contributed by atoms with Crippen molar-refractivity contribution in [3.8, 4) is 0 Å². The van der Waals surface area contributed by atoms with E-state index in [1.54, 1.807) is 12.0 Å². The van der Waals surface area contributed by atoms with Crippen LogP contribution in [-0.2, 0) is 16.1 Å².